The molecule has 0 fully saturated rings. The molecule has 2 aromatic carbocycles. The van der Waals surface area contributed by atoms with Crippen molar-refractivity contribution in [3.63, 3.8) is 0 Å². The van der Waals surface area contributed by atoms with Crippen molar-refractivity contribution in [1.29, 1.82) is 0 Å². The Labute approximate surface area is 148 Å². The third-order valence-electron chi connectivity index (χ3n) is 3.88. The van der Waals surface area contributed by atoms with Crippen molar-refractivity contribution in [3.8, 4) is 5.75 Å². The number of ether oxygens (including phenoxy) is 2. The Morgan fingerprint density at radius 1 is 1.00 bits per heavy atom. The first-order chi connectivity index (χ1) is 12.0. The van der Waals surface area contributed by atoms with E-state index in [0.29, 0.717) is 11.4 Å². The number of anilines is 1. The fraction of sp³-hybridized carbons (Fsp3) is 0.300. The molecule has 0 bridgehead atoms. The molecule has 0 aliphatic rings. The van der Waals surface area contributed by atoms with E-state index in [1.54, 1.807) is 25.1 Å². The van der Waals surface area contributed by atoms with E-state index in [4.69, 9.17) is 9.47 Å². The minimum atomic E-state index is -0.889. The highest BCUT2D eigenvalue weighted by atomic mass is 16.5. The predicted molar refractivity (Wildman–Crippen MR) is 96.7 cm³/mol. The Hall–Kier alpha value is -2.82. The quantitative estimate of drug-likeness (QED) is 0.779. The second-order valence-electron chi connectivity index (χ2n) is 5.84. The zero-order valence-electron chi connectivity index (χ0n) is 14.7. The number of benzene rings is 2. The molecule has 5 nitrogen and oxygen atoms in total. The fourth-order valence-corrected chi connectivity index (χ4v) is 2.43. The summed E-state index contributed by atoms with van der Waals surface area (Å²) in [6, 6.07) is 16.8. The SMILES string of the molecule is COc1ccccc1NC(=O)[C@@H](C)OC(=O)C[C@H](C)c1ccccc1. The van der Waals surface area contributed by atoms with Crippen LogP contribution in [-0.4, -0.2) is 25.1 Å². The fourth-order valence-electron chi connectivity index (χ4n) is 2.43. The molecule has 0 aromatic heterocycles. The third kappa shape index (κ3) is 5.35. The molecule has 0 aliphatic carbocycles. The number of methoxy groups -OCH3 is 1. The first kappa shape index (κ1) is 18.5. The molecule has 0 saturated heterocycles. The van der Waals surface area contributed by atoms with Gasteiger partial charge in [0.1, 0.15) is 5.75 Å². The van der Waals surface area contributed by atoms with Crippen molar-refractivity contribution < 1.29 is 19.1 Å². The Morgan fingerprint density at radius 3 is 2.32 bits per heavy atom. The van der Waals surface area contributed by atoms with E-state index in [1.165, 1.54) is 7.11 Å². The van der Waals surface area contributed by atoms with Crippen molar-refractivity contribution in [3.05, 3.63) is 60.2 Å². The summed E-state index contributed by atoms with van der Waals surface area (Å²) in [5.41, 5.74) is 1.60. The van der Waals surface area contributed by atoms with Crippen molar-refractivity contribution in [2.24, 2.45) is 0 Å². The van der Waals surface area contributed by atoms with Gasteiger partial charge >= 0.3 is 5.97 Å². The van der Waals surface area contributed by atoms with Crippen LogP contribution in [0.2, 0.25) is 0 Å². The predicted octanol–water partition coefficient (Wildman–Crippen LogP) is 3.76. The minimum absolute atomic E-state index is 0.0261. The molecule has 1 N–H and O–H groups in total. The van der Waals surface area contributed by atoms with Crippen molar-refractivity contribution >= 4 is 17.6 Å². The summed E-state index contributed by atoms with van der Waals surface area (Å²) in [5, 5.41) is 2.71. The van der Waals surface area contributed by atoms with Crippen LogP contribution >= 0.6 is 0 Å². The monoisotopic (exact) mass is 341 g/mol. The van der Waals surface area contributed by atoms with Crippen LogP contribution in [0.4, 0.5) is 5.69 Å². The molecule has 25 heavy (non-hydrogen) atoms. The summed E-state index contributed by atoms with van der Waals surface area (Å²) >= 11 is 0. The summed E-state index contributed by atoms with van der Waals surface area (Å²) in [6.45, 7) is 3.51. The number of rotatable bonds is 7. The maximum Gasteiger partial charge on any atom is 0.307 e. The smallest absolute Gasteiger partial charge is 0.307 e. The highest BCUT2D eigenvalue weighted by Gasteiger charge is 2.20. The highest BCUT2D eigenvalue weighted by Crippen LogP contribution is 2.23. The van der Waals surface area contributed by atoms with E-state index in [9.17, 15) is 9.59 Å². The van der Waals surface area contributed by atoms with Crippen molar-refractivity contribution in [2.45, 2.75) is 32.3 Å². The van der Waals surface area contributed by atoms with Gasteiger partial charge in [0.2, 0.25) is 0 Å². The lowest BCUT2D eigenvalue weighted by atomic mass is 9.98. The molecular formula is C20H23NO4. The van der Waals surface area contributed by atoms with Crippen LogP contribution in [0.15, 0.2) is 54.6 Å². The van der Waals surface area contributed by atoms with Crippen LogP contribution in [0, 0.1) is 0 Å². The Morgan fingerprint density at radius 2 is 1.64 bits per heavy atom. The number of nitrogens with one attached hydrogen (secondary N) is 1. The summed E-state index contributed by atoms with van der Waals surface area (Å²) in [5.74, 6) is -0.227. The number of hydrogen-bond acceptors (Lipinski definition) is 4. The van der Waals surface area contributed by atoms with Gasteiger partial charge in [0.15, 0.2) is 6.10 Å². The van der Waals surface area contributed by atoms with Crippen LogP contribution in [0.3, 0.4) is 0 Å². The first-order valence-electron chi connectivity index (χ1n) is 8.19. The van der Waals surface area contributed by atoms with Gasteiger partial charge in [-0.1, -0.05) is 49.4 Å². The second kappa shape index (κ2) is 8.87. The number of hydrogen-bond donors (Lipinski definition) is 1. The number of amides is 1. The molecule has 0 heterocycles. The molecule has 0 spiro atoms. The van der Waals surface area contributed by atoms with Gasteiger partial charge in [0.25, 0.3) is 5.91 Å². The topological polar surface area (TPSA) is 64.6 Å². The maximum absolute atomic E-state index is 12.2. The average molecular weight is 341 g/mol. The number of para-hydroxylation sites is 2. The summed E-state index contributed by atoms with van der Waals surface area (Å²) < 4.78 is 10.4. The zero-order chi connectivity index (χ0) is 18.2. The lowest BCUT2D eigenvalue weighted by molar-refractivity contribution is -0.153. The molecule has 0 radical (unpaired) electrons. The molecule has 1 amide bonds. The van der Waals surface area contributed by atoms with Gasteiger partial charge in [-0.2, -0.15) is 0 Å². The number of carbonyl (C=O) groups is 2. The standard InChI is InChI=1S/C20H23NO4/c1-14(16-9-5-4-6-10-16)13-19(22)25-15(2)20(23)21-17-11-7-8-12-18(17)24-3/h4-12,14-15H,13H2,1-3H3,(H,21,23)/t14-,15+/m0/s1. The Bertz CT molecular complexity index is 715. The molecule has 2 atom stereocenters. The molecular weight excluding hydrogens is 318 g/mol. The molecule has 0 aliphatic heterocycles. The second-order valence-corrected chi connectivity index (χ2v) is 5.84. The van der Waals surface area contributed by atoms with Crippen LogP contribution in [0.25, 0.3) is 0 Å². The van der Waals surface area contributed by atoms with Crippen LogP contribution in [0.5, 0.6) is 5.75 Å². The lowest BCUT2D eigenvalue weighted by Gasteiger charge is -2.16. The summed E-state index contributed by atoms with van der Waals surface area (Å²) in [7, 11) is 1.53. The number of carbonyl (C=O) groups excluding carboxylic acids is 2. The van der Waals surface area contributed by atoms with E-state index in [0.717, 1.165) is 5.56 Å². The van der Waals surface area contributed by atoms with E-state index >= 15 is 0 Å². The van der Waals surface area contributed by atoms with E-state index in [-0.39, 0.29) is 12.3 Å². The summed E-state index contributed by atoms with van der Waals surface area (Å²) in [4.78, 5) is 24.3. The molecule has 2 aromatic rings. The van der Waals surface area contributed by atoms with Gasteiger partial charge in [-0.15, -0.1) is 0 Å². The lowest BCUT2D eigenvalue weighted by Crippen LogP contribution is -2.30. The van der Waals surface area contributed by atoms with E-state index in [2.05, 4.69) is 5.32 Å². The van der Waals surface area contributed by atoms with Gasteiger partial charge in [0, 0.05) is 0 Å². The average Bonchev–Trinajstić information content (AvgIpc) is 2.62. The van der Waals surface area contributed by atoms with Crippen molar-refractivity contribution in [2.75, 3.05) is 12.4 Å². The largest absolute Gasteiger partial charge is 0.495 e. The molecule has 5 heteroatoms. The molecule has 0 unspecified atom stereocenters. The third-order valence-corrected chi connectivity index (χ3v) is 3.88. The normalized spacial score (nSPS) is 12.8. The molecule has 2 rings (SSSR count). The van der Waals surface area contributed by atoms with E-state index in [1.807, 2.05) is 43.3 Å². The van der Waals surface area contributed by atoms with Gasteiger partial charge in [-0.25, -0.2) is 0 Å². The first-order valence-corrected chi connectivity index (χ1v) is 8.19. The van der Waals surface area contributed by atoms with Crippen molar-refractivity contribution in [1.82, 2.24) is 0 Å². The van der Waals surface area contributed by atoms with Gasteiger partial charge in [0.05, 0.1) is 19.2 Å². The molecule has 132 valence electrons. The van der Waals surface area contributed by atoms with E-state index < -0.39 is 18.0 Å². The van der Waals surface area contributed by atoms with Crippen LogP contribution in [0.1, 0.15) is 31.7 Å². The van der Waals surface area contributed by atoms with Crippen LogP contribution < -0.4 is 10.1 Å². The Kier molecular flexibility index (Phi) is 6.57. The molecule has 0 saturated carbocycles. The maximum atomic E-state index is 12.2. The van der Waals surface area contributed by atoms with Gasteiger partial charge in [-0.05, 0) is 30.5 Å². The minimum Gasteiger partial charge on any atom is -0.495 e. The van der Waals surface area contributed by atoms with Gasteiger partial charge < -0.3 is 14.8 Å². The van der Waals surface area contributed by atoms with Crippen LogP contribution in [-0.2, 0) is 14.3 Å². The van der Waals surface area contributed by atoms with Gasteiger partial charge in [-0.3, -0.25) is 9.59 Å². The Balaban J connectivity index is 1.89. The summed E-state index contributed by atoms with van der Waals surface area (Å²) in [6.07, 6.45) is -0.670. The zero-order valence-corrected chi connectivity index (χ0v) is 14.7. The number of esters is 1. The highest BCUT2D eigenvalue weighted by molar-refractivity contribution is 5.96.